The van der Waals surface area contributed by atoms with Crippen LogP contribution in [-0.2, 0) is 10.0 Å². The number of sulfonamides is 1. The Morgan fingerprint density at radius 3 is 2.57 bits per heavy atom. The monoisotopic (exact) mass is 417 g/mol. The lowest BCUT2D eigenvalue weighted by atomic mass is 10.3. The molecule has 2 aromatic rings. The minimum absolute atomic E-state index is 0.0121. The van der Waals surface area contributed by atoms with Crippen LogP contribution in [0.15, 0.2) is 47.6 Å². The van der Waals surface area contributed by atoms with Gasteiger partial charge in [-0.1, -0.05) is 19.1 Å². The molecule has 1 aromatic carbocycles. The van der Waals surface area contributed by atoms with Crippen LogP contribution in [0.5, 0.6) is 0 Å². The van der Waals surface area contributed by atoms with Crippen molar-refractivity contribution in [3.8, 4) is 0 Å². The lowest BCUT2D eigenvalue weighted by Gasteiger charge is -2.13. The molecule has 7 heteroatoms. The van der Waals surface area contributed by atoms with Crippen molar-refractivity contribution in [2.75, 3.05) is 16.6 Å². The van der Waals surface area contributed by atoms with E-state index in [4.69, 9.17) is 0 Å². The average molecular weight is 417 g/mol. The van der Waals surface area contributed by atoms with Crippen molar-refractivity contribution >= 4 is 44.0 Å². The Bertz CT molecular complexity index is 720. The van der Waals surface area contributed by atoms with Crippen molar-refractivity contribution in [1.29, 1.82) is 0 Å². The van der Waals surface area contributed by atoms with E-state index in [0.717, 1.165) is 9.99 Å². The fraction of sp³-hybridized carbons (Fsp3) is 0.214. The van der Waals surface area contributed by atoms with Crippen molar-refractivity contribution < 1.29 is 8.42 Å². The van der Waals surface area contributed by atoms with Gasteiger partial charge in [-0.25, -0.2) is 4.98 Å². The molecule has 21 heavy (non-hydrogen) atoms. The maximum Gasteiger partial charge on any atom is 0.281 e. The molecule has 2 N–H and O–H groups in total. The Balaban J connectivity index is 2.34. The summed E-state index contributed by atoms with van der Waals surface area (Å²) in [5.74, 6) is 0. The number of para-hydroxylation sites is 1. The van der Waals surface area contributed by atoms with Crippen LogP contribution in [-0.4, -0.2) is 19.9 Å². The van der Waals surface area contributed by atoms with Gasteiger partial charge >= 0.3 is 0 Å². The highest BCUT2D eigenvalue weighted by Crippen LogP contribution is 2.24. The maximum atomic E-state index is 12.5. The lowest BCUT2D eigenvalue weighted by Crippen LogP contribution is -2.17. The second kappa shape index (κ2) is 7.08. The molecule has 0 unspecified atom stereocenters. The number of aromatic nitrogens is 1. The van der Waals surface area contributed by atoms with Gasteiger partial charge in [0.1, 0.15) is 0 Å². The predicted molar refractivity (Wildman–Crippen MR) is 93.0 cm³/mol. The molecule has 0 aliphatic heterocycles. The van der Waals surface area contributed by atoms with E-state index in [1.54, 1.807) is 24.3 Å². The van der Waals surface area contributed by atoms with Gasteiger partial charge in [-0.05, 0) is 53.3 Å². The van der Waals surface area contributed by atoms with Crippen LogP contribution >= 0.6 is 22.6 Å². The molecule has 0 saturated carbocycles. The van der Waals surface area contributed by atoms with Crippen LogP contribution in [0.2, 0.25) is 0 Å². The highest BCUT2D eigenvalue weighted by molar-refractivity contribution is 14.1. The van der Waals surface area contributed by atoms with Crippen molar-refractivity contribution in [2.45, 2.75) is 18.4 Å². The van der Waals surface area contributed by atoms with E-state index in [1.807, 2.05) is 19.1 Å². The summed E-state index contributed by atoms with van der Waals surface area (Å²) in [6, 6.07) is 10.6. The Labute approximate surface area is 138 Å². The van der Waals surface area contributed by atoms with E-state index in [9.17, 15) is 8.42 Å². The van der Waals surface area contributed by atoms with E-state index < -0.39 is 10.0 Å². The molecule has 112 valence electrons. The zero-order valence-corrected chi connectivity index (χ0v) is 14.5. The van der Waals surface area contributed by atoms with Crippen LogP contribution in [0.25, 0.3) is 0 Å². The van der Waals surface area contributed by atoms with Gasteiger partial charge < -0.3 is 5.32 Å². The zero-order valence-electron chi connectivity index (χ0n) is 11.5. The van der Waals surface area contributed by atoms with E-state index in [2.05, 4.69) is 37.6 Å². The third-order valence-corrected chi connectivity index (χ3v) is 4.97. The van der Waals surface area contributed by atoms with E-state index in [-0.39, 0.29) is 5.03 Å². The summed E-state index contributed by atoms with van der Waals surface area (Å²) in [5, 5.41) is 3.10. The number of pyridine rings is 1. The van der Waals surface area contributed by atoms with Crippen molar-refractivity contribution in [1.82, 2.24) is 4.98 Å². The Hall–Kier alpha value is -1.35. The van der Waals surface area contributed by atoms with Crippen molar-refractivity contribution in [2.24, 2.45) is 0 Å². The van der Waals surface area contributed by atoms with E-state index >= 15 is 0 Å². The second-order valence-electron chi connectivity index (χ2n) is 4.37. The van der Waals surface area contributed by atoms with Gasteiger partial charge in [0.25, 0.3) is 10.0 Å². The highest BCUT2D eigenvalue weighted by Gasteiger charge is 2.20. The zero-order chi connectivity index (χ0) is 15.3. The molecule has 0 amide bonds. The van der Waals surface area contributed by atoms with Crippen LogP contribution in [0, 0.1) is 3.57 Å². The normalized spacial score (nSPS) is 11.1. The third-order valence-electron chi connectivity index (χ3n) is 2.71. The van der Waals surface area contributed by atoms with E-state index in [1.165, 1.54) is 6.20 Å². The van der Waals surface area contributed by atoms with Crippen molar-refractivity contribution in [3.05, 3.63) is 46.2 Å². The SMILES string of the molecule is CCCNc1cccnc1S(=O)(=O)Nc1ccccc1I. The van der Waals surface area contributed by atoms with Gasteiger partial charge in [-0.3, -0.25) is 4.72 Å². The standard InChI is InChI=1S/C14H16IN3O2S/c1-2-9-16-13-8-5-10-17-14(13)21(19,20)18-12-7-4-3-6-11(12)15/h3-8,10,16,18H,2,9H2,1H3. The van der Waals surface area contributed by atoms with Crippen molar-refractivity contribution in [3.63, 3.8) is 0 Å². The van der Waals surface area contributed by atoms with E-state index in [0.29, 0.717) is 17.9 Å². The molecule has 0 saturated heterocycles. The number of hydrogen-bond acceptors (Lipinski definition) is 4. The minimum Gasteiger partial charge on any atom is -0.383 e. The smallest absolute Gasteiger partial charge is 0.281 e. The molecule has 1 aromatic heterocycles. The van der Waals surface area contributed by atoms with Gasteiger partial charge in [-0.2, -0.15) is 8.42 Å². The molecule has 1 heterocycles. The number of anilines is 2. The number of nitrogens with one attached hydrogen (secondary N) is 2. The number of hydrogen-bond donors (Lipinski definition) is 2. The van der Waals surface area contributed by atoms with Gasteiger partial charge in [0.2, 0.25) is 0 Å². The summed E-state index contributed by atoms with van der Waals surface area (Å²) >= 11 is 2.09. The third kappa shape index (κ3) is 4.07. The van der Waals surface area contributed by atoms with Crippen LogP contribution in [0.3, 0.4) is 0 Å². The quantitative estimate of drug-likeness (QED) is 0.708. The Morgan fingerprint density at radius 2 is 1.86 bits per heavy atom. The molecule has 0 radical (unpaired) electrons. The summed E-state index contributed by atoms with van der Waals surface area (Å²) < 4.78 is 28.5. The molecule has 0 spiro atoms. The molecule has 0 aliphatic carbocycles. The first-order valence-corrected chi connectivity index (χ1v) is 9.07. The molecule has 0 aliphatic rings. The van der Waals surface area contributed by atoms with Gasteiger partial charge in [-0.15, -0.1) is 0 Å². The Kier molecular flexibility index (Phi) is 5.40. The average Bonchev–Trinajstić information content (AvgIpc) is 2.47. The summed E-state index contributed by atoms with van der Waals surface area (Å²) in [5.41, 5.74) is 1.06. The fourth-order valence-corrected chi connectivity index (χ4v) is 3.64. The number of nitrogens with zero attached hydrogens (tertiary/aromatic N) is 1. The van der Waals surface area contributed by atoms with Gasteiger partial charge in [0.05, 0.1) is 11.4 Å². The first-order valence-electron chi connectivity index (χ1n) is 6.51. The number of halogens is 1. The molecule has 5 nitrogen and oxygen atoms in total. The van der Waals surface area contributed by atoms with Gasteiger partial charge in [0, 0.05) is 16.3 Å². The van der Waals surface area contributed by atoms with Crippen LogP contribution < -0.4 is 10.0 Å². The number of benzene rings is 1. The summed E-state index contributed by atoms with van der Waals surface area (Å²) in [4.78, 5) is 4.01. The topological polar surface area (TPSA) is 71.1 Å². The molecule has 0 atom stereocenters. The maximum absolute atomic E-state index is 12.5. The van der Waals surface area contributed by atoms with Crippen LogP contribution in [0.1, 0.15) is 13.3 Å². The van der Waals surface area contributed by atoms with Gasteiger partial charge in [0.15, 0.2) is 5.03 Å². The molecule has 2 rings (SSSR count). The molecular formula is C14H16IN3O2S. The number of rotatable bonds is 6. The summed E-state index contributed by atoms with van der Waals surface area (Å²) in [6.07, 6.45) is 2.38. The second-order valence-corrected chi connectivity index (χ2v) is 7.13. The minimum atomic E-state index is -3.73. The molecular weight excluding hydrogens is 401 g/mol. The predicted octanol–water partition coefficient (Wildman–Crippen LogP) is 3.31. The first-order chi connectivity index (χ1) is 10.0. The fourth-order valence-electron chi connectivity index (χ4n) is 1.74. The molecule has 0 bridgehead atoms. The Morgan fingerprint density at radius 1 is 1.14 bits per heavy atom. The first kappa shape index (κ1) is 16.0. The van der Waals surface area contributed by atoms with Crippen LogP contribution in [0.4, 0.5) is 11.4 Å². The largest absolute Gasteiger partial charge is 0.383 e. The summed E-state index contributed by atoms with van der Waals surface area (Å²) in [6.45, 7) is 2.71. The highest BCUT2D eigenvalue weighted by atomic mass is 127. The summed E-state index contributed by atoms with van der Waals surface area (Å²) in [7, 11) is -3.73. The lowest BCUT2D eigenvalue weighted by molar-refractivity contribution is 0.598. The molecule has 0 fully saturated rings.